The van der Waals surface area contributed by atoms with Crippen molar-refractivity contribution < 1.29 is 29.1 Å². The molecule has 1 aliphatic heterocycles. The molecule has 9 nitrogen and oxygen atoms in total. The van der Waals surface area contributed by atoms with Crippen LogP contribution in [-0.2, 0) is 9.59 Å². The van der Waals surface area contributed by atoms with E-state index in [1.54, 1.807) is 18.2 Å². The normalized spacial score (nSPS) is 17.1. The van der Waals surface area contributed by atoms with Crippen LogP contribution in [0, 0.1) is 17.0 Å². The minimum atomic E-state index is -0.910. The molecule has 1 aliphatic rings. The Hall–Kier alpha value is -4.18. The number of nitro benzene ring substituents is 1. The highest BCUT2D eigenvalue weighted by Crippen LogP contribution is 2.46. The van der Waals surface area contributed by atoms with Crippen molar-refractivity contribution in [3.05, 3.63) is 85.6 Å². The first-order valence-corrected chi connectivity index (χ1v) is 11.0. The van der Waals surface area contributed by atoms with Crippen molar-refractivity contribution in [2.75, 3.05) is 19.1 Å². The number of ketones is 1. The van der Waals surface area contributed by atoms with Gasteiger partial charge < -0.3 is 14.6 Å². The van der Waals surface area contributed by atoms with Gasteiger partial charge in [-0.1, -0.05) is 0 Å². The number of ether oxygens (including phenoxy) is 2. The number of aliphatic hydroxyl groups excluding tert-OH is 1. The quantitative estimate of drug-likeness (QED) is 0.180. The second kappa shape index (κ2) is 8.99. The number of hydrogen-bond acceptors (Lipinski definition) is 8. The number of carbonyl (C=O) groups excluding carboxylic acids is 2. The number of amides is 1. The molecular weight excluding hydrogens is 460 g/mol. The van der Waals surface area contributed by atoms with Crippen LogP contribution in [0.1, 0.15) is 22.0 Å². The molecule has 1 amide bonds. The highest BCUT2D eigenvalue weighted by atomic mass is 32.1. The van der Waals surface area contributed by atoms with Crippen LogP contribution in [0.2, 0.25) is 0 Å². The van der Waals surface area contributed by atoms with Crippen LogP contribution in [0.5, 0.6) is 11.5 Å². The van der Waals surface area contributed by atoms with Crippen LogP contribution in [-0.4, -0.2) is 35.9 Å². The van der Waals surface area contributed by atoms with E-state index in [9.17, 15) is 24.8 Å². The lowest BCUT2D eigenvalue weighted by Gasteiger charge is -2.25. The summed E-state index contributed by atoms with van der Waals surface area (Å²) in [5, 5.41) is 24.0. The Kier molecular flexibility index (Phi) is 6.08. The number of methoxy groups -OCH3 is 2. The summed E-state index contributed by atoms with van der Waals surface area (Å²) in [6.07, 6.45) is 0. The lowest BCUT2D eigenvalue weighted by atomic mass is 9.98. The first-order valence-electron chi connectivity index (χ1n) is 10.1. The van der Waals surface area contributed by atoms with E-state index in [4.69, 9.17) is 9.47 Å². The van der Waals surface area contributed by atoms with Crippen LogP contribution in [0.3, 0.4) is 0 Å². The number of non-ortho nitro benzene ring substituents is 1. The number of nitrogens with zero attached hydrogens (tertiary/aromatic N) is 2. The largest absolute Gasteiger partial charge is 0.507 e. The van der Waals surface area contributed by atoms with E-state index in [1.807, 2.05) is 18.4 Å². The first-order chi connectivity index (χ1) is 16.3. The van der Waals surface area contributed by atoms with E-state index in [1.165, 1.54) is 54.7 Å². The second-order valence-corrected chi connectivity index (χ2v) is 8.46. The van der Waals surface area contributed by atoms with E-state index in [-0.39, 0.29) is 16.8 Å². The van der Waals surface area contributed by atoms with E-state index in [0.29, 0.717) is 22.1 Å². The zero-order valence-corrected chi connectivity index (χ0v) is 19.3. The van der Waals surface area contributed by atoms with Gasteiger partial charge in [-0.2, -0.15) is 0 Å². The number of rotatable bonds is 6. The van der Waals surface area contributed by atoms with E-state index < -0.39 is 28.4 Å². The average Bonchev–Trinajstić information content (AvgIpc) is 3.38. The maximum atomic E-state index is 13.3. The molecule has 1 atom stereocenters. The SMILES string of the molecule is COc1cc(OC)cc(N2C(=O)C(=O)/C(=C(\O)c3ccc([N+](=O)[O-])cc3)C2c2sccc2C)c1. The van der Waals surface area contributed by atoms with Crippen LogP contribution < -0.4 is 14.4 Å². The van der Waals surface area contributed by atoms with Gasteiger partial charge in [0.1, 0.15) is 23.3 Å². The molecule has 1 fully saturated rings. The van der Waals surface area contributed by atoms with Gasteiger partial charge in [-0.25, -0.2) is 0 Å². The lowest BCUT2D eigenvalue weighted by molar-refractivity contribution is -0.384. The molecule has 1 aromatic heterocycles. The molecule has 174 valence electrons. The summed E-state index contributed by atoms with van der Waals surface area (Å²) in [4.78, 5) is 38.9. The molecule has 3 aromatic rings. The molecule has 1 N–H and O–H groups in total. The maximum Gasteiger partial charge on any atom is 0.300 e. The highest BCUT2D eigenvalue weighted by Gasteiger charge is 2.48. The van der Waals surface area contributed by atoms with Gasteiger partial charge in [0, 0.05) is 40.8 Å². The Balaban J connectivity index is 1.93. The van der Waals surface area contributed by atoms with Crippen LogP contribution in [0.15, 0.2) is 59.5 Å². The zero-order valence-electron chi connectivity index (χ0n) is 18.5. The number of carbonyl (C=O) groups is 2. The fourth-order valence-corrected chi connectivity index (χ4v) is 4.86. The number of aryl methyl sites for hydroxylation is 1. The van der Waals surface area contributed by atoms with Gasteiger partial charge in [0.25, 0.3) is 17.4 Å². The smallest absolute Gasteiger partial charge is 0.300 e. The van der Waals surface area contributed by atoms with Crippen molar-refractivity contribution in [3.8, 4) is 11.5 Å². The van der Waals surface area contributed by atoms with Gasteiger partial charge in [-0.05, 0) is 36.1 Å². The number of anilines is 1. The third kappa shape index (κ3) is 3.88. The molecule has 0 saturated carbocycles. The summed E-state index contributed by atoms with van der Waals surface area (Å²) < 4.78 is 10.7. The molecule has 34 heavy (non-hydrogen) atoms. The van der Waals surface area contributed by atoms with E-state index in [0.717, 1.165) is 5.56 Å². The molecular formula is C24H20N2O7S. The van der Waals surface area contributed by atoms with Crippen molar-refractivity contribution in [3.63, 3.8) is 0 Å². The fraction of sp³-hybridized carbons (Fsp3) is 0.167. The molecule has 1 saturated heterocycles. The standard InChI is InChI=1S/C24H20N2O7S/c1-13-8-9-34-23(13)20-19(21(27)14-4-6-15(7-5-14)26(30)31)22(28)24(29)25(20)16-10-17(32-2)12-18(11-16)33-3/h4-12,20,27H,1-3H3/b21-19-. The number of Topliss-reactive ketones (excluding diaryl/α,β-unsaturated/α-hetero) is 1. The van der Waals surface area contributed by atoms with Gasteiger partial charge in [-0.15, -0.1) is 11.3 Å². The van der Waals surface area contributed by atoms with Crippen molar-refractivity contribution in [2.24, 2.45) is 0 Å². The maximum absolute atomic E-state index is 13.3. The number of aliphatic hydroxyl groups is 1. The fourth-order valence-electron chi connectivity index (χ4n) is 3.84. The number of thiophene rings is 1. The minimum absolute atomic E-state index is 0.105. The predicted molar refractivity (Wildman–Crippen MR) is 126 cm³/mol. The van der Waals surface area contributed by atoms with E-state index in [2.05, 4.69) is 0 Å². The number of hydrogen-bond donors (Lipinski definition) is 1. The topological polar surface area (TPSA) is 119 Å². The Bertz CT molecular complexity index is 1310. The predicted octanol–water partition coefficient (Wildman–Crippen LogP) is 4.61. The zero-order chi connectivity index (χ0) is 24.6. The highest BCUT2D eigenvalue weighted by molar-refractivity contribution is 7.10. The number of nitro groups is 1. The first kappa shape index (κ1) is 23.0. The Morgan fingerprint density at radius 1 is 1.06 bits per heavy atom. The van der Waals surface area contributed by atoms with E-state index >= 15 is 0 Å². The lowest BCUT2D eigenvalue weighted by Crippen LogP contribution is -2.29. The van der Waals surface area contributed by atoms with Gasteiger partial charge in [0.15, 0.2) is 0 Å². The van der Waals surface area contributed by atoms with Gasteiger partial charge in [-0.3, -0.25) is 24.6 Å². The third-order valence-corrected chi connectivity index (χ3v) is 6.63. The molecule has 0 spiro atoms. The Morgan fingerprint density at radius 3 is 2.18 bits per heavy atom. The van der Waals surface area contributed by atoms with Gasteiger partial charge in [0.2, 0.25) is 0 Å². The molecule has 2 aromatic carbocycles. The van der Waals surface area contributed by atoms with Crippen molar-refractivity contribution >= 4 is 40.2 Å². The summed E-state index contributed by atoms with van der Waals surface area (Å²) >= 11 is 1.35. The molecule has 0 radical (unpaired) electrons. The summed E-state index contributed by atoms with van der Waals surface area (Å²) in [5.41, 5.74) is 1.12. The molecule has 4 rings (SSSR count). The molecule has 1 unspecified atom stereocenters. The molecule has 0 bridgehead atoms. The summed E-state index contributed by atoms with van der Waals surface area (Å²) in [6.45, 7) is 1.85. The van der Waals surface area contributed by atoms with Gasteiger partial charge >= 0.3 is 0 Å². The molecule has 10 heteroatoms. The Labute approximate surface area is 198 Å². The van der Waals surface area contributed by atoms with Crippen LogP contribution in [0.4, 0.5) is 11.4 Å². The third-order valence-electron chi connectivity index (χ3n) is 5.56. The van der Waals surface area contributed by atoms with Crippen LogP contribution in [0.25, 0.3) is 5.76 Å². The van der Waals surface area contributed by atoms with Gasteiger partial charge in [0.05, 0.1) is 30.4 Å². The van der Waals surface area contributed by atoms with Crippen LogP contribution >= 0.6 is 11.3 Å². The van der Waals surface area contributed by atoms with Crippen molar-refractivity contribution in [1.29, 1.82) is 0 Å². The monoisotopic (exact) mass is 480 g/mol. The number of benzene rings is 2. The average molecular weight is 480 g/mol. The summed E-state index contributed by atoms with van der Waals surface area (Å²) in [5.74, 6) is -1.25. The Morgan fingerprint density at radius 2 is 1.68 bits per heavy atom. The summed E-state index contributed by atoms with van der Waals surface area (Å²) in [6, 6.07) is 10.9. The minimum Gasteiger partial charge on any atom is -0.507 e. The van der Waals surface area contributed by atoms with Crippen molar-refractivity contribution in [1.82, 2.24) is 0 Å². The molecule has 2 heterocycles. The molecule has 0 aliphatic carbocycles. The second-order valence-electron chi connectivity index (χ2n) is 7.51. The summed E-state index contributed by atoms with van der Waals surface area (Å²) in [7, 11) is 2.95. The van der Waals surface area contributed by atoms with Crippen molar-refractivity contribution in [2.45, 2.75) is 13.0 Å².